The number of nitrogens with zero attached hydrogens (tertiary/aromatic N) is 6. The molecule has 0 atom stereocenters. The number of hydrogen-bond donors (Lipinski definition) is 2. The fourth-order valence-electron chi connectivity index (χ4n) is 3.48. The lowest BCUT2D eigenvalue weighted by molar-refractivity contribution is 0.0949. The monoisotopic (exact) mass is 446 g/mol. The summed E-state index contributed by atoms with van der Waals surface area (Å²) in [6.45, 7) is 0. The van der Waals surface area contributed by atoms with Crippen molar-refractivity contribution in [3.8, 4) is 5.82 Å². The standard InChI is InChI=1S/C21H18N8O2S/c22-19-20(27-31-26-19)29-17(12-32-14-7-2-1-3-8-14)18(24-28-29)21(30)25-23-16-11-10-13-6-4-5-9-15(13)16/h1-9H,10-12H2,(H2,22,26)(H,25,30)/b23-16+. The molecule has 0 bridgehead atoms. The Morgan fingerprint density at radius 2 is 1.94 bits per heavy atom. The van der Waals surface area contributed by atoms with Crippen molar-refractivity contribution >= 4 is 29.2 Å². The van der Waals surface area contributed by atoms with E-state index in [-0.39, 0.29) is 17.3 Å². The fourth-order valence-corrected chi connectivity index (χ4v) is 4.39. The van der Waals surface area contributed by atoms with Crippen LogP contribution in [-0.4, -0.2) is 36.9 Å². The molecule has 10 nitrogen and oxygen atoms in total. The van der Waals surface area contributed by atoms with Gasteiger partial charge in [-0.25, -0.2) is 10.1 Å². The molecule has 0 saturated carbocycles. The second-order valence-corrected chi connectivity index (χ2v) is 8.08. The molecular formula is C21H18N8O2S. The van der Waals surface area contributed by atoms with Crippen molar-refractivity contribution < 1.29 is 9.42 Å². The minimum Gasteiger partial charge on any atom is -0.378 e. The summed E-state index contributed by atoms with van der Waals surface area (Å²) in [6.07, 6.45) is 1.67. The van der Waals surface area contributed by atoms with Crippen LogP contribution in [-0.2, 0) is 12.2 Å². The number of aromatic nitrogens is 5. The molecule has 32 heavy (non-hydrogen) atoms. The number of nitrogens with one attached hydrogen (secondary N) is 1. The van der Waals surface area contributed by atoms with Gasteiger partial charge in [-0.2, -0.15) is 9.78 Å². The van der Waals surface area contributed by atoms with Crippen LogP contribution in [0.2, 0.25) is 0 Å². The molecular weight excluding hydrogens is 428 g/mol. The van der Waals surface area contributed by atoms with Crippen molar-refractivity contribution in [3.05, 3.63) is 77.1 Å². The van der Waals surface area contributed by atoms with Crippen LogP contribution in [0.5, 0.6) is 0 Å². The van der Waals surface area contributed by atoms with Crippen LogP contribution < -0.4 is 11.2 Å². The Balaban J connectivity index is 1.43. The first-order chi connectivity index (χ1) is 15.7. The van der Waals surface area contributed by atoms with Gasteiger partial charge >= 0.3 is 0 Å². The van der Waals surface area contributed by atoms with Crippen LogP contribution in [0.1, 0.15) is 33.7 Å². The van der Waals surface area contributed by atoms with Crippen molar-refractivity contribution in [2.45, 2.75) is 23.5 Å². The Kier molecular flexibility index (Phi) is 5.38. The summed E-state index contributed by atoms with van der Waals surface area (Å²) < 4.78 is 6.06. The van der Waals surface area contributed by atoms with Crippen LogP contribution in [0.25, 0.3) is 5.82 Å². The van der Waals surface area contributed by atoms with E-state index in [2.05, 4.69) is 37.2 Å². The van der Waals surface area contributed by atoms with Crippen LogP contribution in [0.4, 0.5) is 5.82 Å². The predicted molar refractivity (Wildman–Crippen MR) is 118 cm³/mol. The van der Waals surface area contributed by atoms with E-state index in [9.17, 15) is 4.79 Å². The average Bonchev–Trinajstić information content (AvgIpc) is 3.54. The van der Waals surface area contributed by atoms with Crippen molar-refractivity contribution in [1.82, 2.24) is 30.7 Å². The number of rotatable bonds is 6. The molecule has 5 rings (SSSR count). The summed E-state index contributed by atoms with van der Waals surface area (Å²) in [4.78, 5) is 14.0. The maximum atomic E-state index is 13.0. The third-order valence-corrected chi connectivity index (χ3v) is 6.07. The van der Waals surface area contributed by atoms with Gasteiger partial charge < -0.3 is 5.73 Å². The fraction of sp³-hybridized carbons (Fsp3) is 0.143. The van der Waals surface area contributed by atoms with Gasteiger partial charge in [0.25, 0.3) is 5.91 Å². The number of aryl methyl sites for hydroxylation is 1. The lowest BCUT2D eigenvalue weighted by Gasteiger charge is -2.06. The number of fused-ring (bicyclic) bond motifs is 1. The second-order valence-electron chi connectivity index (χ2n) is 7.03. The third-order valence-electron chi connectivity index (χ3n) is 5.05. The van der Waals surface area contributed by atoms with Gasteiger partial charge in [0.2, 0.25) is 11.6 Å². The van der Waals surface area contributed by atoms with Crippen molar-refractivity contribution in [2.75, 3.05) is 5.73 Å². The van der Waals surface area contributed by atoms with E-state index in [0.29, 0.717) is 11.4 Å². The number of carbonyl (C=O) groups is 1. The quantitative estimate of drug-likeness (QED) is 0.341. The highest BCUT2D eigenvalue weighted by atomic mass is 32.2. The van der Waals surface area contributed by atoms with Crippen LogP contribution >= 0.6 is 11.8 Å². The zero-order valence-electron chi connectivity index (χ0n) is 16.8. The van der Waals surface area contributed by atoms with Crippen molar-refractivity contribution in [1.29, 1.82) is 0 Å². The van der Waals surface area contributed by atoms with Gasteiger partial charge in [-0.3, -0.25) is 4.79 Å². The Labute approximate surface area is 186 Å². The first kappa shape index (κ1) is 19.9. The number of anilines is 1. The smallest absolute Gasteiger partial charge is 0.293 e. The molecule has 0 spiro atoms. The number of benzene rings is 2. The zero-order valence-corrected chi connectivity index (χ0v) is 17.6. The molecule has 0 saturated heterocycles. The van der Waals surface area contributed by atoms with Crippen molar-refractivity contribution in [3.63, 3.8) is 0 Å². The first-order valence-electron chi connectivity index (χ1n) is 9.86. The van der Waals surface area contributed by atoms with E-state index >= 15 is 0 Å². The molecule has 0 radical (unpaired) electrons. The summed E-state index contributed by atoms with van der Waals surface area (Å²) in [5.74, 6) is 0.157. The maximum Gasteiger partial charge on any atom is 0.293 e. The van der Waals surface area contributed by atoms with Gasteiger partial charge in [0.05, 0.1) is 11.4 Å². The molecule has 3 N–H and O–H groups in total. The molecule has 4 aromatic rings. The molecule has 1 amide bonds. The number of nitrogen functional groups attached to an aromatic ring is 1. The highest BCUT2D eigenvalue weighted by molar-refractivity contribution is 7.98. The molecule has 2 aromatic carbocycles. The summed E-state index contributed by atoms with van der Waals surface area (Å²) in [5.41, 5.74) is 12.2. The van der Waals surface area contributed by atoms with E-state index in [1.807, 2.05) is 48.5 Å². The van der Waals surface area contributed by atoms with E-state index in [0.717, 1.165) is 29.0 Å². The van der Waals surface area contributed by atoms with Gasteiger partial charge in [0.1, 0.15) is 0 Å². The molecule has 1 aliphatic rings. The van der Waals surface area contributed by atoms with Crippen LogP contribution in [0.3, 0.4) is 0 Å². The lowest BCUT2D eigenvalue weighted by atomic mass is 10.1. The zero-order chi connectivity index (χ0) is 21.9. The van der Waals surface area contributed by atoms with Gasteiger partial charge in [-0.15, -0.1) is 16.9 Å². The second kappa shape index (κ2) is 8.63. The summed E-state index contributed by atoms with van der Waals surface area (Å²) >= 11 is 1.52. The molecule has 0 aliphatic heterocycles. The predicted octanol–water partition coefficient (Wildman–Crippen LogP) is 2.61. The number of thioether (sulfide) groups is 1. The molecule has 1 aliphatic carbocycles. The Morgan fingerprint density at radius 1 is 1.12 bits per heavy atom. The van der Waals surface area contributed by atoms with E-state index in [1.54, 1.807) is 0 Å². The maximum absolute atomic E-state index is 13.0. The van der Waals surface area contributed by atoms with Crippen LogP contribution in [0.15, 0.2) is 69.2 Å². The summed E-state index contributed by atoms with van der Waals surface area (Å²) in [7, 11) is 0. The average molecular weight is 446 g/mol. The van der Waals surface area contributed by atoms with E-state index in [4.69, 9.17) is 10.4 Å². The van der Waals surface area contributed by atoms with Crippen molar-refractivity contribution in [2.24, 2.45) is 5.10 Å². The topological polar surface area (TPSA) is 137 Å². The van der Waals surface area contributed by atoms with Gasteiger partial charge in [0, 0.05) is 16.2 Å². The summed E-state index contributed by atoms with van der Waals surface area (Å²) in [6, 6.07) is 17.8. The molecule has 2 heterocycles. The van der Waals surface area contributed by atoms with Gasteiger partial charge in [-0.1, -0.05) is 47.7 Å². The number of nitrogens with two attached hydrogens (primary N) is 1. The molecule has 0 fully saturated rings. The number of hydrazone groups is 1. The van der Waals surface area contributed by atoms with Gasteiger partial charge in [0.15, 0.2) is 5.69 Å². The highest BCUT2D eigenvalue weighted by Gasteiger charge is 2.24. The molecule has 160 valence electrons. The Hall–Kier alpha value is -3.99. The minimum atomic E-state index is -0.466. The molecule has 2 aromatic heterocycles. The SMILES string of the molecule is Nc1nonc1-n1nnc(C(=O)N/N=C2\CCc3ccccc32)c1CSc1ccccc1. The lowest BCUT2D eigenvalue weighted by Crippen LogP contribution is -2.21. The Morgan fingerprint density at radius 3 is 2.75 bits per heavy atom. The largest absolute Gasteiger partial charge is 0.378 e. The minimum absolute atomic E-state index is 0.0515. The molecule has 0 unspecified atom stereocenters. The Bertz CT molecular complexity index is 1300. The van der Waals surface area contributed by atoms with Gasteiger partial charge in [-0.05, 0) is 40.9 Å². The summed E-state index contributed by atoms with van der Waals surface area (Å²) in [5, 5.41) is 19.9. The first-order valence-corrected chi connectivity index (χ1v) is 10.9. The molecule has 11 heteroatoms. The normalized spacial score (nSPS) is 13.9. The van der Waals surface area contributed by atoms with E-state index in [1.165, 1.54) is 22.0 Å². The third kappa shape index (κ3) is 3.85. The number of hydrogen-bond acceptors (Lipinski definition) is 9. The van der Waals surface area contributed by atoms with E-state index < -0.39 is 5.91 Å². The van der Waals surface area contributed by atoms with Crippen LogP contribution in [0, 0.1) is 0 Å². The number of amides is 1. The number of carbonyl (C=O) groups excluding carboxylic acids is 1. The highest BCUT2D eigenvalue weighted by Crippen LogP contribution is 2.26.